The van der Waals surface area contributed by atoms with Crippen LogP contribution in [0, 0.1) is 5.92 Å². The lowest BCUT2D eigenvalue weighted by atomic mass is 9.92. The number of amides is 1. The van der Waals surface area contributed by atoms with Crippen LogP contribution >= 0.6 is 0 Å². The van der Waals surface area contributed by atoms with Crippen molar-refractivity contribution < 1.29 is 4.79 Å². The normalized spacial score (nSPS) is 23.7. The Bertz CT molecular complexity index is 391. The van der Waals surface area contributed by atoms with Crippen molar-refractivity contribution in [2.45, 2.75) is 39.3 Å². The van der Waals surface area contributed by atoms with Crippen LogP contribution in [0.15, 0.2) is 24.3 Å². The minimum absolute atomic E-state index is 0.0158. The Kier molecular flexibility index (Phi) is 4.37. The molecule has 0 aliphatic carbocycles. The number of hydrogen-bond acceptors (Lipinski definition) is 2. The summed E-state index contributed by atoms with van der Waals surface area (Å²) in [7, 11) is 0. The van der Waals surface area contributed by atoms with Gasteiger partial charge in [-0.1, -0.05) is 31.2 Å². The Morgan fingerprint density at radius 1 is 1.33 bits per heavy atom. The fourth-order valence-electron chi connectivity index (χ4n) is 2.38. The van der Waals surface area contributed by atoms with E-state index < -0.39 is 0 Å². The van der Waals surface area contributed by atoms with Crippen LogP contribution in [0.4, 0.5) is 0 Å². The predicted molar refractivity (Wildman–Crippen MR) is 73.1 cm³/mol. The average Bonchev–Trinajstić information content (AvgIpc) is 2.38. The predicted octanol–water partition coefficient (Wildman–Crippen LogP) is 2.38. The quantitative estimate of drug-likeness (QED) is 0.859. The summed E-state index contributed by atoms with van der Waals surface area (Å²) in [6.07, 6.45) is 2.51. The van der Waals surface area contributed by atoms with Gasteiger partial charge < -0.3 is 10.6 Å². The zero-order valence-corrected chi connectivity index (χ0v) is 11.2. The Labute approximate surface area is 109 Å². The van der Waals surface area contributed by atoms with Crippen molar-refractivity contribution in [3.05, 3.63) is 35.4 Å². The summed E-state index contributed by atoms with van der Waals surface area (Å²) in [6, 6.07) is 9.04. The van der Waals surface area contributed by atoms with Gasteiger partial charge in [0.1, 0.15) is 0 Å². The molecule has 2 rings (SSSR count). The molecule has 0 spiro atoms. The molecule has 3 heteroatoms. The number of carbonyl (C=O) groups excluding carboxylic acids is 1. The molecular formula is C15H22N2O. The molecule has 3 nitrogen and oxygen atoms in total. The van der Waals surface area contributed by atoms with Crippen LogP contribution < -0.4 is 10.6 Å². The first-order valence-electron chi connectivity index (χ1n) is 6.72. The van der Waals surface area contributed by atoms with Crippen LogP contribution in [0.1, 0.15) is 43.9 Å². The minimum Gasteiger partial charge on any atom is -0.352 e. The van der Waals surface area contributed by atoms with Crippen molar-refractivity contribution >= 4 is 5.91 Å². The molecule has 0 saturated carbocycles. The van der Waals surface area contributed by atoms with E-state index in [1.54, 1.807) is 6.92 Å². The molecule has 1 heterocycles. The standard InChI is InChI=1S/C15H22N2O/c1-11-3-8-15(17-9-11)14-6-4-13(5-7-14)10-16-12(2)18/h4-7,11,15,17H,3,8-10H2,1-2H3,(H,16,18)/t11-,15+/m0/s1. The summed E-state index contributed by atoms with van der Waals surface area (Å²) >= 11 is 0. The maximum absolute atomic E-state index is 10.8. The molecule has 1 amide bonds. The van der Waals surface area contributed by atoms with E-state index in [9.17, 15) is 4.79 Å². The van der Waals surface area contributed by atoms with Gasteiger partial charge >= 0.3 is 0 Å². The highest BCUT2D eigenvalue weighted by molar-refractivity contribution is 5.72. The van der Waals surface area contributed by atoms with Crippen LogP contribution in [0.2, 0.25) is 0 Å². The van der Waals surface area contributed by atoms with Crippen molar-refractivity contribution in [3.63, 3.8) is 0 Å². The number of rotatable bonds is 3. The number of carbonyl (C=O) groups is 1. The molecule has 1 saturated heterocycles. The molecule has 1 aliphatic heterocycles. The van der Waals surface area contributed by atoms with Crippen molar-refractivity contribution in [2.75, 3.05) is 6.54 Å². The molecule has 0 unspecified atom stereocenters. The first-order valence-corrected chi connectivity index (χ1v) is 6.72. The van der Waals surface area contributed by atoms with Gasteiger partial charge in [-0.15, -0.1) is 0 Å². The van der Waals surface area contributed by atoms with Crippen molar-refractivity contribution in [1.82, 2.24) is 10.6 Å². The molecule has 1 fully saturated rings. The van der Waals surface area contributed by atoms with Crippen LogP contribution in [-0.2, 0) is 11.3 Å². The smallest absolute Gasteiger partial charge is 0.217 e. The summed E-state index contributed by atoms with van der Waals surface area (Å²) in [4.78, 5) is 10.8. The fraction of sp³-hybridized carbons (Fsp3) is 0.533. The summed E-state index contributed by atoms with van der Waals surface area (Å²) in [5.74, 6) is 0.808. The van der Waals surface area contributed by atoms with E-state index in [-0.39, 0.29) is 5.91 Å². The van der Waals surface area contributed by atoms with Crippen LogP contribution in [-0.4, -0.2) is 12.5 Å². The van der Waals surface area contributed by atoms with Gasteiger partial charge in [0.2, 0.25) is 5.91 Å². The molecule has 18 heavy (non-hydrogen) atoms. The van der Waals surface area contributed by atoms with Gasteiger partial charge in [0.25, 0.3) is 0 Å². The number of hydrogen-bond donors (Lipinski definition) is 2. The number of piperidine rings is 1. The highest BCUT2D eigenvalue weighted by atomic mass is 16.1. The van der Waals surface area contributed by atoms with Gasteiger partial charge in [0.15, 0.2) is 0 Å². The largest absolute Gasteiger partial charge is 0.352 e. The monoisotopic (exact) mass is 246 g/mol. The Hall–Kier alpha value is -1.35. The number of benzene rings is 1. The van der Waals surface area contributed by atoms with E-state index >= 15 is 0 Å². The van der Waals surface area contributed by atoms with E-state index in [0.717, 1.165) is 18.0 Å². The van der Waals surface area contributed by atoms with Gasteiger partial charge in [0.05, 0.1) is 0 Å². The second kappa shape index (κ2) is 6.01. The molecule has 0 aromatic heterocycles. The number of nitrogens with one attached hydrogen (secondary N) is 2. The van der Waals surface area contributed by atoms with Crippen LogP contribution in [0.25, 0.3) is 0 Å². The molecule has 0 bridgehead atoms. The maximum atomic E-state index is 10.8. The third kappa shape index (κ3) is 3.57. The Balaban J connectivity index is 1.93. The van der Waals surface area contributed by atoms with Gasteiger partial charge in [-0.05, 0) is 36.4 Å². The Morgan fingerprint density at radius 2 is 2.06 bits per heavy atom. The lowest BCUT2D eigenvalue weighted by molar-refractivity contribution is -0.119. The van der Waals surface area contributed by atoms with Crippen molar-refractivity contribution in [1.29, 1.82) is 0 Å². The second-order valence-corrected chi connectivity index (χ2v) is 5.29. The molecule has 2 atom stereocenters. The summed E-state index contributed by atoms with van der Waals surface area (Å²) < 4.78 is 0. The summed E-state index contributed by atoms with van der Waals surface area (Å²) in [5, 5.41) is 6.40. The molecule has 0 radical (unpaired) electrons. The molecular weight excluding hydrogens is 224 g/mol. The summed E-state index contributed by atoms with van der Waals surface area (Å²) in [5.41, 5.74) is 2.51. The lowest BCUT2D eigenvalue weighted by Crippen LogP contribution is -2.31. The fourth-order valence-corrected chi connectivity index (χ4v) is 2.38. The Morgan fingerprint density at radius 3 is 2.61 bits per heavy atom. The van der Waals surface area contributed by atoms with E-state index in [1.165, 1.54) is 18.4 Å². The van der Waals surface area contributed by atoms with Crippen molar-refractivity contribution in [3.8, 4) is 0 Å². The molecule has 98 valence electrons. The molecule has 1 aromatic carbocycles. The van der Waals surface area contributed by atoms with E-state index in [0.29, 0.717) is 12.6 Å². The topological polar surface area (TPSA) is 41.1 Å². The maximum Gasteiger partial charge on any atom is 0.217 e. The van der Waals surface area contributed by atoms with E-state index in [2.05, 4.69) is 41.8 Å². The third-order valence-corrected chi connectivity index (χ3v) is 3.58. The minimum atomic E-state index is 0.0158. The first-order chi connectivity index (χ1) is 8.65. The van der Waals surface area contributed by atoms with Crippen LogP contribution in [0.5, 0.6) is 0 Å². The third-order valence-electron chi connectivity index (χ3n) is 3.58. The highest BCUT2D eigenvalue weighted by Crippen LogP contribution is 2.25. The van der Waals surface area contributed by atoms with E-state index in [4.69, 9.17) is 0 Å². The summed E-state index contributed by atoms with van der Waals surface area (Å²) in [6.45, 7) is 5.56. The first kappa shape index (κ1) is 13.1. The highest BCUT2D eigenvalue weighted by Gasteiger charge is 2.18. The van der Waals surface area contributed by atoms with Gasteiger partial charge in [-0.2, -0.15) is 0 Å². The zero-order chi connectivity index (χ0) is 13.0. The van der Waals surface area contributed by atoms with E-state index in [1.807, 2.05) is 0 Å². The van der Waals surface area contributed by atoms with Crippen LogP contribution in [0.3, 0.4) is 0 Å². The van der Waals surface area contributed by atoms with Crippen molar-refractivity contribution in [2.24, 2.45) is 5.92 Å². The van der Waals surface area contributed by atoms with Gasteiger partial charge in [-0.3, -0.25) is 4.79 Å². The van der Waals surface area contributed by atoms with Gasteiger partial charge in [0, 0.05) is 19.5 Å². The second-order valence-electron chi connectivity index (χ2n) is 5.29. The lowest BCUT2D eigenvalue weighted by Gasteiger charge is -2.28. The zero-order valence-electron chi connectivity index (χ0n) is 11.2. The molecule has 1 aliphatic rings. The molecule has 2 N–H and O–H groups in total. The van der Waals surface area contributed by atoms with Gasteiger partial charge in [-0.25, -0.2) is 0 Å². The SMILES string of the molecule is CC(=O)NCc1ccc([C@H]2CC[C@H](C)CN2)cc1. The molecule has 1 aromatic rings. The average molecular weight is 246 g/mol.